The van der Waals surface area contributed by atoms with Gasteiger partial charge in [-0.3, -0.25) is 9.20 Å². The van der Waals surface area contributed by atoms with Gasteiger partial charge in [0.1, 0.15) is 34.2 Å². The molecule has 0 atom stereocenters. The van der Waals surface area contributed by atoms with Crippen molar-refractivity contribution in [2.24, 2.45) is 0 Å². The topological polar surface area (TPSA) is 70.1 Å². The lowest BCUT2D eigenvalue weighted by Crippen LogP contribution is -1.94. The van der Waals surface area contributed by atoms with E-state index in [1.54, 1.807) is 18.6 Å². The number of ether oxygens (including phenoxy) is 2. The number of pyridine rings is 2. The number of fused-ring (bicyclic) bond motifs is 2. The fraction of sp³-hybridized carbons (Fsp3) is 0.0690. The first kappa shape index (κ1) is 25.7. The van der Waals surface area contributed by atoms with Gasteiger partial charge in [-0.05, 0) is 60.7 Å². The van der Waals surface area contributed by atoms with E-state index in [2.05, 4.69) is 41.8 Å². The van der Waals surface area contributed by atoms with Crippen LogP contribution in [0.3, 0.4) is 0 Å². The molecular weight excluding hydrogens is 612 g/mol. The third kappa shape index (κ3) is 5.07. The van der Waals surface area contributed by atoms with E-state index in [0.717, 1.165) is 49.1 Å². The number of methoxy groups -OCH3 is 2. The summed E-state index contributed by atoms with van der Waals surface area (Å²) < 4.78 is 16.4. The first-order valence-electron chi connectivity index (χ1n) is 11.6. The third-order valence-corrected chi connectivity index (χ3v) is 6.88. The Balaban J connectivity index is 0.000000156. The Hall–Kier alpha value is -3.95. The van der Waals surface area contributed by atoms with E-state index in [1.165, 1.54) is 0 Å². The minimum atomic E-state index is 0.511. The first-order chi connectivity index (χ1) is 18.5. The van der Waals surface area contributed by atoms with E-state index in [9.17, 15) is 4.79 Å². The lowest BCUT2D eigenvalue weighted by molar-refractivity contribution is 0.111. The predicted molar refractivity (Wildman–Crippen MR) is 155 cm³/mol. The van der Waals surface area contributed by atoms with Gasteiger partial charge in [-0.15, -0.1) is 0 Å². The maximum absolute atomic E-state index is 11.4. The molecule has 190 valence electrons. The Morgan fingerprint density at radius 2 is 1.39 bits per heavy atom. The number of hydrogen-bond acceptors (Lipinski definition) is 5. The standard InChI is InChI=1S/C15H11BrN2O2.C14H11BrN2O/c1-20-13-6-5-10(16)8-11(13)15-12(9-19)18-7-3-2-4-14(18)17-15;1-18-13-6-5-10(15)8-11(13)12-9-17-7-3-2-4-14(17)16-12/h2-9H,1H3;2-9H,1H3. The molecule has 4 aromatic heterocycles. The molecule has 0 aliphatic heterocycles. The van der Waals surface area contributed by atoms with Crippen LogP contribution >= 0.6 is 31.9 Å². The van der Waals surface area contributed by atoms with Gasteiger partial charge in [-0.2, -0.15) is 0 Å². The zero-order valence-electron chi connectivity index (χ0n) is 20.5. The molecule has 0 amide bonds. The molecule has 4 heterocycles. The van der Waals surface area contributed by atoms with Crippen LogP contribution in [0.2, 0.25) is 0 Å². The summed E-state index contributed by atoms with van der Waals surface area (Å²) in [6.45, 7) is 0. The summed E-state index contributed by atoms with van der Waals surface area (Å²) in [5.41, 5.74) is 5.45. The van der Waals surface area contributed by atoms with Crippen LogP contribution < -0.4 is 9.47 Å². The summed E-state index contributed by atoms with van der Waals surface area (Å²) in [6.07, 6.45) is 6.62. The van der Waals surface area contributed by atoms with Crippen LogP contribution in [0.4, 0.5) is 0 Å². The zero-order chi connectivity index (χ0) is 26.6. The Labute approximate surface area is 236 Å². The Bertz CT molecular complexity index is 1730. The summed E-state index contributed by atoms with van der Waals surface area (Å²) in [7, 11) is 3.27. The van der Waals surface area contributed by atoms with Gasteiger partial charge in [-0.1, -0.05) is 44.0 Å². The molecule has 38 heavy (non-hydrogen) atoms. The monoisotopic (exact) mass is 632 g/mol. The second-order valence-corrected chi connectivity index (χ2v) is 10.0. The molecule has 6 rings (SSSR count). The van der Waals surface area contributed by atoms with Gasteiger partial charge >= 0.3 is 0 Å². The van der Waals surface area contributed by atoms with Crippen LogP contribution in [0, 0.1) is 0 Å². The number of hydrogen-bond donors (Lipinski definition) is 0. The Morgan fingerprint density at radius 1 is 0.763 bits per heavy atom. The van der Waals surface area contributed by atoms with Crippen LogP contribution in [0.25, 0.3) is 33.8 Å². The normalized spacial score (nSPS) is 10.7. The van der Waals surface area contributed by atoms with E-state index >= 15 is 0 Å². The van der Waals surface area contributed by atoms with Crippen molar-refractivity contribution in [2.45, 2.75) is 0 Å². The molecule has 9 heteroatoms. The van der Waals surface area contributed by atoms with Gasteiger partial charge in [-0.25, -0.2) is 9.97 Å². The number of rotatable bonds is 5. The minimum absolute atomic E-state index is 0.511. The summed E-state index contributed by atoms with van der Waals surface area (Å²) in [6, 6.07) is 23.1. The highest BCUT2D eigenvalue weighted by atomic mass is 79.9. The molecule has 0 saturated carbocycles. The van der Waals surface area contributed by atoms with E-state index in [1.807, 2.05) is 95.8 Å². The average Bonchev–Trinajstić information content (AvgIpc) is 3.55. The maximum atomic E-state index is 11.4. The van der Waals surface area contributed by atoms with E-state index in [4.69, 9.17) is 9.47 Å². The van der Waals surface area contributed by atoms with Crippen molar-refractivity contribution in [2.75, 3.05) is 14.2 Å². The van der Waals surface area contributed by atoms with Crippen LogP contribution in [0.5, 0.6) is 11.5 Å². The van der Waals surface area contributed by atoms with Crippen molar-refractivity contribution >= 4 is 49.4 Å². The first-order valence-corrected chi connectivity index (χ1v) is 13.1. The van der Waals surface area contributed by atoms with Crippen LogP contribution in [0.1, 0.15) is 10.5 Å². The van der Waals surface area contributed by atoms with Crippen molar-refractivity contribution in [3.05, 3.63) is 106 Å². The third-order valence-electron chi connectivity index (χ3n) is 5.90. The molecule has 0 spiro atoms. The number of halogens is 2. The van der Waals surface area contributed by atoms with Crippen LogP contribution in [-0.2, 0) is 0 Å². The summed E-state index contributed by atoms with van der Waals surface area (Å²) >= 11 is 6.91. The molecule has 0 aliphatic rings. The molecule has 0 bridgehead atoms. The smallest absolute Gasteiger partial charge is 0.169 e. The number of carbonyl (C=O) groups is 1. The van der Waals surface area contributed by atoms with Crippen LogP contribution in [-0.4, -0.2) is 39.3 Å². The number of carbonyl (C=O) groups excluding carboxylic acids is 1. The Kier molecular flexibility index (Phi) is 7.57. The van der Waals surface area contributed by atoms with Crippen molar-refractivity contribution in [1.82, 2.24) is 18.8 Å². The highest BCUT2D eigenvalue weighted by Crippen LogP contribution is 2.34. The SMILES string of the molecule is COc1ccc(Br)cc1-c1cn2ccccc2n1.COc1ccc(Br)cc1-c1nc2ccccn2c1C=O. The summed E-state index contributed by atoms with van der Waals surface area (Å²) in [5, 5.41) is 0. The fourth-order valence-electron chi connectivity index (χ4n) is 4.14. The zero-order valence-corrected chi connectivity index (χ0v) is 23.7. The van der Waals surface area contributed by atoms with Crippen molar-refractivity contribution in [3.8, 4) is 34.0 Å². The average molecular weight is 634 g/mol. The largest absolute Gasteiger partial charge is 0.496 e. The quantitative estimate of drug-likeness (QED) is 0.186. The molecule has 6 aromatic rings. The molecule has 0 fully saturated rings. The van der Waals surface area contributed by atoms with Crippen molar-refractivity contribution in [1.29, 1.82) is 0 Å². The molecule has 0 N–H and O–H groups in total. The number of nitrogens with zero attached hydrogens (tertiary/aromatic N) is 4. The fourth-order valence-corrected chi connectivity index (χ4v) is 4.86. The number of aldehydes is 1. The molecule has 2 aromatic carbocycles. The molecule has 0 unspecified atom stereocenters. The number of imidazole rings is 2. The highest BCUT2D eigenvalue weighted by molar-refractivity contribution is 9.10. The van der Waals surface area contributed by atoms with Gasteiger partial charge < -0.3 is 13.9 Å². The lowest BCUT2D eigenvalue weighted by atomic mass is 10.1. The minimum Gasteiger partial charge on any atom is -0.496 e. The lowest BCUT2D eigenvalue weighted by Gasteiger charge is -2.07. The second-order valence-electron chi connectivity index (χ2n) is 8.17. The van der Waals surface area contributed by atoms with E-state index < -0.39 is 0 Å². The van der Waals surface area contributed by atoms with Gasteiger partial charge in [0.25, 0.3) is 0 Å². The summed E-state index contributed by atoms with van der Waals surface area (Å²) in [4.78, 5) is 20.6. The van der Waals surface area contributed by atoms with Gasteiger partial charge in [0.2, 0.25) is 0 Å². The van der Waals surface area contributed by atoms with Crippen molar-refractivity contribution in [3.63, 3.8) is 0 Å². The molecule has 7 nitrogen and oxygen atoms in total. The van der Waals surface area contributed by atoms with E-state index in [0.29, 0.717) is 17.1 Å². The molecular formula is C29H22Br2N4O3. The van der Waals surface area contributed by atoms with Gasteiger partial charge in [0.05, 0.1) is 19.9 Å². The predicted octanol–water partition coefficient (Wildman–Crippen LogP) is 7.36. The second kappa shape index (κ2) is 11.2. The highest BCUT2D eigenvalue weighted by Gasteiger charge is 2.17. The van der Waals surface area contributed by atoms with Crippen LogP contribution in [0.15, 0.2) is 100 Å². The van der Waals surface area contributed by atoms with Gasteiger partial charge in [0.15, 0.2) is 6.29 Å². The maximum Gasteiger partial charge on any atom is 0.169 e. The number of benzene rings is 2. The molecule has 0 saturated heterocycles. The molecule has 0 radical (unpaired) electrons. The molecule has 0 aliphatic carbocycles. The van der Waals surface area contributed by atoms with Crippen molar-refractivity contribution < 1.29 is 14.3 Å². The van der Waals surface area contributed by atoms with Gasteiger partial charge in [0, 0.05) is 38.7 Å². The summed E-state index contributed by atoms with van der Waals surface area (Å²) in [5.74, 6) is 1.50. The number of aromatic nitrogens is 4. The Morgan fingerprint density at radius 3 is 2.05 bits per heavy atom. The van der Waals surface area contributed by atoms with E-state index in [-0.39, 0.29) is 0 Å².